The predicted octanol–water partition coefficient (Wildman–Crippen LogP) is 4.36. The molecular weight excluding hydrogens is 372 g/mol. The van der Waals surface area contributed by atoms with Crippen LogP contribution in [0.25, 0.3) is 0 Å². The van der Waals surface area contributed by atoms with E-state index < -0.39 is 10.0 Å². The number of hydrogen-bond acceptors (Lipinski definition) is 3. The molecule has 28 heavy (non-hydrogen) atoms. The van der Waals surface area contributed by atoms with Crippen molar-refractivity contribution in [3.8, 4) is 0 Å². The zero-order valence-corrected chi connectivity index (χ0v) is 17.1. The minimum Gasteiger partial charge on any atom is -0.352 e. The van der Waals surface area contributed by atoms with Crippen LogP contribution in [0.1, 0.15) is 54.9 Å². The highest BCUT2D eigenvalue weighted by Gasteiger charge is 2.23. The molecule has 0 aliphatic heterocycles. The maximum Gasteiger partial charge on any atom is 0.261 e. The van der Waals surface area contributed by atoms with Crippen molar-refractivity contribution in [1.82, 2.24) is 5.32 Å². The number of para-hydroxylation sites is 1. The molecule has 0 aromatic heterocycles. The molecule has 6 heteroatoms. The first-order chi connectivity index (χ1) is 13.5. The Hall–Kier alpha value is -2.34. The summed E-state index contributed by atoms with van der Waals surface area (Å²) in [6, 6.07) is 13.7. The second-order valence-corrected chi connectivity index (χ2v) is 9.09. The molecule has 1 fully saturated rings. The quantitative estimate of drug-likeness (QED) is 0.582. The van der Waals surface area contributed by atoms with E-state index in [1.807, 2.05) is 12.1 Å². The summed E-state index contributed by atoms with van der Waals surface area (Å²) < 4.78 is 28.1. The molecule has 150 valence electrons. The number of carbonyl (C=O) groups excluding carboxylic acids is 1. The number of sulfonamides is 1. The first-order valence-electron chi connectivity index (χ1n) is 9.98. The average molecular weight is 401 g/mol. The van der Waals surface area contributed by atoms with Crippen molar-refractivity contribution in [2.24, 2.45) is 5.92 Å². The van der Waals surface area contributed by atoms with Crippen LogP contribution in [0.3, 0.4) is 0 Å². The molecule has 0 bridgehead atoms. The van der Waals surface area contributed by atoms with Crippen molar-refractivity contribution in [3.05, 3.63) is 59.7 Å². The van der Waals surface area contributed by atoms with Gasteiger partial charge < -0.3 is 5.32 Å². The number of nitrogens with one attached hydrogen (secondary N) is 2. The van der Waals surface area contributed by atoms with Gasteiger partial charge in [0.05, 0.1) is 16.1 Å². The minimum absolute atomic E-state index is 0.194. The molecule has 1 amide bonds. The number of rotatable bonds is 10. The van der Waals surface area contributed by atoms with E-state index >= 15 is 0 Å². The zero-order valence-electron chi connectivity index (χ0n) is 16.3. The maximum absolute atomic E-state index is 12.8. The van der Waals surface area contributed by atoms with E-state index in [-0.39, 0.29) is 10.8 Å². The Labute approximate surface area is 167 Å². The van der Waals surface area contributed by atoms with E-state index in [2.05, 4.69) is 17.0 Å². The lowest BCUT2D eigenvalue weighted by atomic mass is 10.1. The lowest BCUT2D eigenvalue weighted by Crippen LogP contribution is -2.27. The maximum atomic E-state index is 12.8. The largest absolute Gasteiger partial charge is 0.352 e. The molecule has 1 saturated carbocycles. The van der Waals surface area contributed by atoms with Crippen molar-refractivity contribution in [3.63, 3.8) is 0 Å². The first-order valence-corrected chi connectivity index (χ1v) is 11.5. The molecule has 0 unspecified atom stereocenters. The molecule has 1 aliphatic carbocycles. The summed E-state index contributed by atoms with van der Waals surface area (Å²) in [5.41, 5.74) is 1.76. The molecule has 0 saturated heterocycles. The smallest absolute Gasteiger partial charge is 0.261 e. The van der Waals surface area contributed by atoms with Crippen LogP contribution >= 0.6 is 0 Å². The van der Waals surface area contributed by atoms with Gasteiger partial charge in [-0.1, -0.05) is 44.0 Å². The third kappa shape index (κ3) is 5.58. The third-order valence-corrected chi connectivity index (χ3v) is 6.35. The number of anilines is 1. The van der Waals surface area contributed by atoms with E-state index in [9.17, 15) is 13.2 Å². The van der Waals surface area contributed by atoms with Gasteiger partial charge in [0.15, 0.2) is 0 Å². The Bertz CT molecular complexity index is 904. The van der Waals surface area contributed by atoms with E-state index in [4.69, 9.17) is 0 Å². The van der Waals surface area contributed by atoms with Gasteiger partial charge >= 0.3 is 0 Å². The van der Waals surface area contributed by atoms with Gasteiger partial charge in [0, 0.05) is 6.54 Å². The molecule has 5 nitrogen and oxygen atoms in total. The predicted molar refractivity (Wildman–Crippen MR) is 112 cm³/mol. The standard InChI is InChI=1S/C22H28N2O3S/c1-2-3-4-7-17-12-14-19(15-13-17)28(26,27)24-21-9-6-5-8-20(21)22(25)23-16-18-10-11-18/h5-6,8-9,12-15,18,24H,2-4,7,10-11,16H2,1H3,(H,23,25). The summed E-state index contributed by atoms with van der Waals surface area (Å²) in [7, 11) is -3.76. The Balaban J connectivity index is 1.70. The molecule has 0 atom stereocenters. The number of unbranched alkanes of at least 4 members (excludes halogenated alkanes) is 2. The fraction of sp³-hybridized carbons (Fsp3) is 0.409. The van der Waals surface area contributed by atoms with Gasteiger partial charge in [0.25, 0.3) is 15.9 Å². The fourth-order valence-corrected chi connectivity index (χ4v) is 4.12. The average Bonchev–Trinajstić information content (AvgIpc) is 3.51. The second-order valence-electron chi connectivity index (χ2n) is 7.41. The number of carbonyl (C=O) groups is 1. The van der Waals surface area contributed by atoms with Crippen LogP contribution in [0.2, 0.25) is 0 Å². The highest BCUT2D eigenvalue weighted by atomic mass is 32.2. The summed E-state index contributed by atoms with van der Waals surface area (Å²) in [6.45, 7) is 2.80. The van der Waals surface area contributed by atoms with Gasteiger partial charge in [0.1, 0.15) is 0 Å². The SMILES string of the molecule is CCCCCc1ccc(S(=O)(=O)Nc2ccccc2C(=O)NCC2CC2)cc1. The molecule has 2 N–H and O–H groups in total. The van der Waals surface area contributed by atoms with Crippen LogP contribution < -0.4 is 10.0 Å². The monoisotopic (exact) mass is 400 g/mol. The van der Waals surface area contributed by atoms with Crippen molar-refractivity contribution < 1.29 is 13.2 Å². The number of amides is 1. The van der Waals surface area contributed by atoms with E-state index in [1.165, 1.54) is 6.42 Å². The highest BCUT2D eigenvalue weighted by Crippen LogP contribution is 2.28. The minimum atomic E-state index is -3.76. The van der Waals surface area contributed by atoms with Gasteiger partial charge in [-0.3, -0.25) is 9.52 Å². The van der Waals surface area contributed by atoms with Gasteiger partial charge in [-0.05, 0) is 61.4 Å². The third-order valence-electron chi connectivity index (χ3n) is 4.97. The van der Waals surface area contributed by atoms with Crippen molar-refractivity contribution in [2.45, 2.75) is 50.3 Å². The number of benzene rings is 2. The van der Waals surface area contributed by atoms with Gasteiger partial charge in [-0.15, -0.1) is 0 Å². The van der Waals surface area contributed by atoms with Crippen LogP contribution in [-0.4, -0.2) is 20.9 Å². The van der Waals surface area contributed by atoms with Crippen LogP contribution in [0.15, 0.2) is 53.4 Å². The van der Waals surface area contributed by atoms with Gasteiger partial charge in [-0.2, -0.15) is 0 Å². The second kappa shape index (κ2) is 9.24. The van der Waals surface area contributed by atoms with Crippen molar-refractivity contribution >= 4 is 21.6 Å². The Morgan fingerprint density at radius 2 is 1.75 bits per heavy atom. The molecule has 0 radical (unpaired) electrons. The van der Waals surface area contributed by atoms with E-state index in [0.29, 0.717) is 23.7 Å². The Morgan fingerprint density at radius 3 is 2.43 bits per heavy atom. The normalized spacial score (nSPS) is 13.9. The van der Waals surface area contributed by atoms with E-state index in [1.54, 1.807) is 36.4 Å². The van der Waals surface area contributed by atoms with Crippen molar-refractivity contribution in [2.75, 3.05) is 11.3 Å². The Morgan fingerprint density at radius 1 is 1.04 bits per heavy atom. The number of aryl methyl sites for hydroxylation is 1. The molecule has 2 aromatic rings. The summed E-state index contributed by atoms with van der Waals surface area (Å²) >= 11 is 0. The summed E-state index contributed by atoms with van der Waals surface area (Å²) in [6.07, 6.45) is 6.66. The zero-order chi connectivity index (χ0) is 20.0. The van der Waals surface area contributed by atoms with Gasteiger partial charge in [0.2, 0.25) is 0 Å². The Kier molecular flexibility index (Phi) is 6.73. The van der Waals surface area contributed by atoms with Gasteiger partial charge in [-0.25, -0.2) is 8.42 Å². The summed E-state index contributed by atoms with van der Waals surface area (Å²) in [5, 5.41) is 2.88. The summed E-state index contributed by atoms with van der Waals surface area (Å²) in [4.78, 5) is 12.6. The topological polar surface area (TPSA) is 75.3 Å². The molecule has 0 heterocycles. The lowest BCUT2D eigenvalue weighted by molar-refractivity contribution is 0.0952. The van der Waals surface area contributed by atoms with Crippen LogP contribution in [-0.2, 0) is 16.4 Å². The fourth-order valence-electron chi connectivity index (χ4n) is 3.04. The van der Waals surface area contributed by atoms with Crippen LogP contribution in [0, 0.1) is 5.92 Å². The number of hydrogen-bond donors (Lipinski definition) is 2. The van der Waals surface area contributed by atoms with Crippen LogP contribution in [0.4, 0.5) is 5.69 Å². The lowest BCUT2D eigenvalue weighted by Gasteiger charge is -2.13. The first kappa shape index (κ1) is 20.4. The highest BCUT2D eigenvalue weighted by molar-refractivity contribution is 7.92. The summed E-state index contributed by atoms with van der Waals surface area (Å²) in [5.74, 6) is 0.306. The molecule has 2 aromatic carbocycles. The molecule has 1 aliphatic rings. The van der Waals surface area contributed by atoms with Crippen molar-refractivity contribution in [1.29, 1.82) is 0 Å². The van der Waals surface area contributed by atoms with Crippen LogP contribution in [0.5, 0.6) is 0 Å². The molecule has 3 rings (SSSR count). The molecular formula is C22H28N2O3S. The molecule has 0 spiro atoms. The van der Waals surface area contributed by atoms with E-state index in [0.717, 1.165) is 37.7 Å².